The van der Waals surface area contributed by atoms with Gasteiger partial charge in [-0.3, -0.25) is 0 Å². The molecule has 0 aliphatic heterocycles. The van der Waals surface area contributed by atoms with E-state index in [0.717, 1.165) is 5.56 Å². The summed E-state index contributed by atoms with van der Waals surface area (Å²) in [5.41, 5.74) is 6.51. The highest BCUT2D eigenvalue weighted by Crippen LogP contribution is 2.19. The smallest absolute Gasteiger partial charge is 0.272 e. The van der Waals surface area contributed by atoms with Gasteiger partial charge in [-0.1, -0.05) is 18.2 Å². The lowest BCUT2D eigenvalue weighted by Gasteiger charge is -2.12. The molecule has 0 fully saturated rings. The third-order valence-electron chi connectivity index (χ3n) is 1.88. The molecule has 1 atom stereocenters. The predicted octanol–water partition coefficient (Wildman–Crippen LogP) is 2.22. The molecule has 15 heavy (non-hydrogen) atoms. The molecule has 0 aliphatic carbocycles. The summed E-state index contributed by atoms with van der Waals surface area (Å²) in [6.45, 7) is 1.29. The lowest BCUT2D eigenvalue weighted by Crippen LogP contribution is -2.18. The molecule has 0 heterocycles. The molecular formula is C11H15F2NO. The minimum Gasteiger partial charge on any atom is -0.487 e. The molecule has 0 aromatic heterocycles. The van der Waals surface area contributed by atoms with Crippen molar-refractivity contribution in [1.82, 2.24) is 0 Å². The van der Waals surface area contributed by atoms with Gasteiger partial charge in [0.15, 0.2) is 0 Å². The Bertz CT molecular complexity index is 302. The van der Waals surface area contributed by atoms with Crippen LogP contribution in [0.25, 0.3) is 0 Å². The molecule has 2 N–H and O–H groups in total. The lowest BCUT2D eigenvalue weighted by molar-refractivity contribution is 0.0814. The zero-order valence-electron chi connectivity index (χ0n) is 8.62. The Hall–Kier alpha value is -1.16. The van der Waals surface area contributed by atoms with Gasteiger partial charge in [-0.15, -0.1) is 0 Å². The van der Waals surface area contributed by atoms with Crippen molar-refractivity contribution < 1.29 is 13.5 Å². The average Bonchev–Trinajstić information content (AvgIpc) is 2.15. The summed E-state index contributed by atoms with van der Waals surface area (Å²) in [5.74, 6) is 0.495. The van der Waals surface area contributed by atoms with Gasteiger partial charge in [-0.25, -0.2) is 8.78 Å². The molecule has 84 valence electrons. The zero-order chi connectivity index (χ0) is 11.3. The van der Waals surface area contributed by atoms with Crippen molar-refractivity contribution in [2.75, 3.05) is 6.61 Å². The molecule has 1 unspecified atom stereocenters. The minimum absolute atomic E-state index is 0.0127. The monoisotopic (exact) mass is 215 g/mol. The van der Waals surface area contributed by atoms with Crippen LogP contribution in [0.3, 0.4) is 0 Å². The summed E-state index contributed by atoms with van der Waals surface area (Å²) >= 11 is 0. The number of rotatable bonds is 5. The molecular weight excluding hydrogens is 200 g/mol. The number of hydrogen-bond acceptors (Lipinski definition) is 2. The van der Waals surface area contributed by atoms with E-state index >= 15 is 0 Å². The van der Waals surface area contributed by atoms with E-state index in [0.29, 0.717) is 12.2 Å². The zero-order valence-corrected chi connectivity index (χ0v) is 8.62. The van der Waals surface area contributed by atoms with Crippen LogP contribution in [0.1, 0.15) is 12.5 Å². The summed E-state index contributed by atoms with van der Waals surface area (Å²) in [4.78, 5) is 0. The Kier molecular flexibility index (Phi) is 4.49. The average molecular weight is 215 g/mol. The van der Waals surface area contributed by atoms with Gasteiger partial charge in [0.05, 0.1) is 0 Å². The number of halogens is 2. The van der Waals surface area contributed by atoms with Crippen LogP contribution in [-0.4, -0.2) is 19.1 Å². The summed E-state index contributed by atoms with van der Waals surface area (Å²) in [7, 11) is 0. The molecule has 0 amide bonds. The van der Waals surface area contributed by atoms with Gasteiger partial charge in [-0.2, -0.15) is 0 Å². The summed E-state index contributed by atoms with van der Waals surface area (Å²) in [5, 5.41) is 0. The highest BCUT2D eigenvalue weighted by atomic mass is 19.3. The van der Waals surface area contributed by atoms with Crippen LogP contribution >= 0.6 is 0 Å². The minimum atomic E-state index is -2.45. The van der Waals surface area contributed by atoms with Crippen molar-refractivity contribution in [1.29, 1.82) is 0 Å². The van der Waals surface area contributed by atoms with Crippen LogP contribution in [0.4, 0.5) is 8.78 Å². The number of alkyl halides is 2. The fourth-order valence-electron chi connectivity index (χ4n) is 1.31. The normalized spacial score (nSPS) is 12.9. The van der Waals surface area contributed by atoms with E-state index in [-0.39, 0.29) is 6.04 Å². The SMILES string of the molecule is CC(N)Cc1ccccc1OCC(F)F. The Balaban J connectivity index is 2.68. The highest BCUT2D eigenvalue weighted by Gasteiger charge is 2.08. The topological polar surface area (TPSA) is 35.2 Å². The first-order chi connectivity index (χ1) is 7.09. The summed E-state index contributed by atoms with van der Waals surface area (Å²) in [6, 6.07) is 7.10. The molecule has 0 saturated heterocycles. The molecule has 1 aromatic rings. The largest absolute Gasteiger partial charge is 0.487 e. The molecule has 0 saturated carbocycles. The second-order valence-corrected chi connectivity index (χ2v) is 3.49. The van der Waals surface area contributed by atoms with E-state index in [1.165, 1.54) is 0 Å². The molecule has 0 spiro atoms. The number of benzene rings is 1. The second-order valence-electron chi connectivity index (χ2n) is 3.49. The van der Waals surface area contributed by atoms with Crippen molar-refractivity contribution in [3.63, 3.8) is 0 Å². The maximum atomic E-state index is 12.0. The molecule has 1 aromatic carbocycles. The van der Waals surface area contributed by atoms with Crippen LogP contribution in [0.15, 0.2) is 24.3 Å². The third kappa shape index (κ3) is 4.25. The van der Waals surface area contributed by atoms with Crippen LogP contribution in [0.5, 0.6) is 5.75 Å². The van der Waals surface area contributed by atoms with Gasteiger partial charge in [0, 0.05) is 6.04 Å². The van der Waals surface area contributed by atoms with Crippen LogP contribution in [-0.2, 0) is 6.42 Å². The Morgan fingerprint density at radius 3 is 2.60 bits per heavy atom. The predicted molar refractivity (Wildman–Crippen MR) is 55.3 cm³/mol. The Morgan fingerprint density at radius 1 is 1.33 bits per heavy atom. The molecule has 1 rings (SSSR count). The van der Waals surface area contributed by atoms with E-state index in [2.05, 4.69) is 0 Å². The number of ether oxygens (including phenoxy) is 1. The number of para-hydroxylation sites is 1. The summed E-state index contributed by atoms with van der Waals surface area (Å²) < 4.78 is 28.9. The van der Waals surface area contributed by atoms with Gasteiger partial charge in [0.1, 0.15) is 12.4 Å². The quantitative estimate of drug-likeness (QED) is 0.817. The van der Waals surface area contributed by atoms with E-state index in [9.17, 15) is 8.78 Å². The number of hydrogen-bond donors (Lipinski definition) is 1. The van der Waals surface area contributed by atoms with Gasteiger partial charge in [0.25, 0.3) is 6.43 Å². The van der Waals surface area contributed by atoms with E-state index < -0.39 is 13.0 Å². The maximum Gasteiger partial charge on any atom is 0.272 e. The molecule has 4 heteroatoms. The second kappa shape index (κ2) is 5.66. The lowest BCUT2D eigenvalue weighted by atomic mass is 10.1. The van der Waals surface area contributed by atoms with Crippen molar-refractivity contribution >= 4 is 0 Å². The van der Waals surface area contributed by atoms with Crippen LogP contribution < -0.4 is 10.5 Å². The first-order valence-corrected chi connectivity index (χ1v) is 4.84. The van der Waals surface area contributed by atoms with Gasteiger partial charge < -0.3 is 10.5 Å². The third-order valence-corrected chi connectivity index (χ3v) is 1.88. The van der Waals surface area contributed by atoms with Crippen molar-refractivity contribution in [2.45, 2.75) is 25.8 Å². The van der Waals surface area contributed by atoms with E-state index in [1.54, 1.807) is 12.1 Å². The Labute approximate surface area is 88.0 Å². The van der Waals surface area contributed by atoms with Gasteiger partial charge >= 0.3 is 0 Å². The molecule has 0 radical (unpaired) electrons. The van der Waals surface area contributed by atoms with Crippen molar-refractivity contribution in [3.8, 4) is 5.75 Å². The fourth-order valence-corrected chi connectivity index (χ4v) is 1.31. The maximum absolute atomic E-state index is 12.0. The van der Waals surface area contributed by atoms with Crippen molar-refractivity contribution in [3.05, 3.63) is 29.8 Å². The van der Waals surface area contributed by atoms with Crippen molar-refractivity contribution in [2.24, 2.45) is 5.73 Å². The van der Waals surface area contributed by atoms with Crippen LogP contribution in [0, 0.1) is 0 Å². The first kappa shape index (κ1) is 11.9. The first-order valence-electron chi connectivity index (χ1n) is 4.84. The molecule has 0 bridgehead atoms. The van der Waals surface area contributed by atoms with E-state index in [1.807, 2.05) is 19.1 Å². The standard InChI is InChI=1S/C11H15F2NO/c1-8(14)6-9-4-2-3-5-10(9)15-7-11(12)13/h2-5,8,11H,6-7,14H2,1H3. The van der Waals surface area contributed by atoms with E-state index in [4.69, 9.17) is 10.5 Å². The fraction of sp³-hybridized carbons (Fsp3) is 0.455. The summed E-state index contributed by atoms with van der Waals surface area (Å²) in [6.07, 6.45) is -1.83. The van der Waals surface area contributed by atoms with Crippen LogP contribution in [0.2, 0.25) is 0 Å². The number of nitrogens with two attached hydrogens (primary N) is 1. The van der Waals surface area contributed by atoms with Gasteiger partial charge in [-0.05, 0) is 25.0 Å². The molecule has 0 aliphatic rings. The van der Waals surface area contributed by atoms with Gasteiger partial charge in [0.2, 0.25) is 0 Å². The Morgan fingerprint density at radius 2 is 2.00 bits per heavy atom. The molecule has 2 nitrogen and oxygen atoms in total. The highest BCUT2D eigenvalue weighted by molar-refractivity contribution is 5.33.